The number of amides is 1. The first-order valence-corrected chi connectivity index (χ1v) is 8.72. The van der Waals surface area contributed by atoms with Gasteiger partial charge >= 0.3 is 0 Å². The Morgan fingerprint density at radius 3 is 2.67 bits per heavy atom. The monoisotopic (exact) mass is 324 g/mol. The molecule has 126 valence electrons. The molecule has 1 aliphatic rings. The van der Waals surface area contributed by atoms with Gasteiger partial charge in [-0.3, -0.25) is 4.79 Å². The second-order valence-corrected chi connectivity index (χ2v) is 6.20. The zero-order valence-electron chi connectivity index (χ0n) is 13.9. The Hall–Kier alpha value is -2.43. The minimum atomic E-state index is 0.00854. The molecule has 1 fully saturated rings. The molecule has 0 bridgehead atoms. The average molecular weight is 324 g/mol. The minimum absolute atomic E-state index is 0.00854. The normalized spacial score (nSPS) is 14.4. The van der Waals surface area contributed by atoms with Crippen LogP contribution in [0.3, 0.4) is 0 Å². The summed E-state index contributed by atoms with van der Waals surface area (Å²) in [5.74, 6) is 1.51. The SMILES string of the molecule is O=C(CCCc1ccccc1)Nc1cc(N2CCCCC2)ncn1. The van der Waals surface area contributed by atoms with E-state index in [1.807, 2.05) is 24.3 Å². The predicted octanol–water partition coefficient (Wildman–Crippen LogP) is 3.43. The van der Waals surface area contributed by atoms with Crippen molar-refractivity contribution in [2.45, 2.75) is 38.5 Å². The van der Waals surface area contributed by atoms with E-state index in [-0.39, 0.29) is 5.91 Å². The van der Waals surface area contributed by atoms with Crippen LogP contribution in [-0.4, -0.2) is 29.0 Å². The Kier molecular flexibility index (Phi) is 5.77. The molecule has 2 aromatic rings. The lowest BCUT2D eigenvalue weighted by molar-refractivity contribution is -0.116. The van der Waals surface area contributed by atoms with Crippen LogP contribution in [0.1, 0.15) is 37.7 Å². The summed E-state index contributed by atoms with van der Waals surface area (Å²) in [6.45, 7) is 2.06. The van der Waals surface area contributed by atoms with E-state index in [1.165, 1.54) is 31.2 Å². The Balaban J connectivity index is 1.49. The number of piperidine rings is 1. The lowest BCUT2D eigenvalue weighted by Crippen LogP contribution is -2.30. The number of rotatable bonds is 6. The van der Waals surface area contributed by atoms with E-state index < -0.39 is 0 Å². The van der Waals surface area contributed by atoms with Gasteiger partial charge in [-0.2, -0.15) is 0 Å². The quantitative estimate of drug-likeness (QED) is 0.884. The third-order valence-corrected chi connectivity index (χ3v) is 4.31. The highest BCUT2D eigenvalue weighted by Gasteiger charge is 2.13. The molecular weight excluding hydrogens is 300 g/mol. The van der Waals surface area contributed by atoms with Crippen LogP contribution in [0, 0.1) is 0 Å². The third-order valence-electron chi connectivity index (χ3n) is 4.31. The molecule has 0 saturated carbocycles. The summed E-state index contributed by atoms with van der Waals surface area (Å²) in [5, 5.41) is 2.89. The largest absolute Gasteiger partial charge is 0.356 e. The highest BCUT2D eigenvalue weighted by Crippen LogP contribution is 2.19. The van der Waals surface area contributed by atoms with Crippen molar-refractivity contribution in [3.05, 3.63) is 48.3 Å². The minimum Gasteiger partial charge on any atom is -0.356 e. The molecule has 1 saturated heterocycles. The molecule has 5 heteroatoms. The van der Waals surface area contributed by atoms with Gasteiger partial charge in [0.2, 0.25) is 5.91 Å². The van der Waals surface area contributed by atoms with Gasteiger partial charge in [-0.25, -0.2) is 9.97 Å². The number of hydrogen-bond donors (Lipinski definition) is 1. The first kappa shape index (κ1) is 16.4. The second kappa shape index (κ2) is 8.43. The van der Waals surface area contributed by atoms with E-state index in [1.54, 1.807) is 0 Å². The van der Waals surface area contributed by atoms with E-state index in [0.717, 1.165) is 31.7 Å². The second-order valence-electron chi connectivity index (χ2n) is 6.20. The summed E-state index contributed by atoms with van der Waals surface area (Å²) in [6.07, 6.45) is 7.46. The van der Waals surface area contributed by atoms with Gasteiger partial charge in [-0.15, -0.1) is 0 Å². The molecule has 1 aromatic heterocycles. The summed E-state index contributed by atoms with van der Waals surface area (Å²) < 4.78 is 0. The standard InChI is InChI=1S/C19H24N4O/c24-19(11-7-10-16-8-3-1-4-9-16)22-17-14-18(21-15-20-17)23-12-5-2-6-13-23/h1,3-4,8-9,14-15H,2,5-7,10-13H2,(H,20,21,22,24). The number of aromatic nitrogens is 2. The summed E-state index contributed by atoms with van der Waals surface area (Å²) in [5.41, 5.74) is 1.26. The van der Waals surface area contributed by atoms with Crippen LogP contribution < -0.4 is 10.2 Å². The number of nitrogens with zero attached hydrogens (tertiary/aromatic N) is 3. The fourth-order valence-electron chi connectivity index (χ4n) is 3.01. The van der Waals surface area contributed by atoms with Crippen LogP contribution in [0.25, 0.3) is 0 Å². The molecule has 1 aromatic carbocycles. The first-order chi connectivity index (χ1) is 11.8. The summed E-state index contributed by atoms with van der Waals surface area (Å²) in [7, 11) is 0. The van der Waals surface area contributed by atoms with Gasteiger partial charge < -0.3 is 10.2 Å². The highest BCUT2D eigenvalue weighted by atomic mass is 16.1. The van der Waals surface area contributed by atoms with Gasteiger partial charge in [0.25, 0.3) is 0 Å². The molecular formula is C19H24N4O. The van der Waals surface area contributed by atoms with E-state index in [0.29, 0.717) is 12.2 Å². The molecule has 1 N–H and O–H groups in total. The number of carbonyl (C=O) groups excluding carboxylic acids is 1. The zero-order chi connectivity index (χ0) is 16.6. The smallest absolute Gasteiger partial charge is 0.225 e. The van der Waals surface area contributed by atoms with Crippen LogP contribution in [0.4, 0.5) is 11.6 Å². The van der Waals surface area contributed by atoms with Crippen molar-refractivity contribution in [3.8, 4) is 0 Å². The lowest BCUT2D eigenvalue weighted by Gasteiger charge is -2.27. The topological polar surface area (TPSA) is 58.1 Å². The van der Waals surface area contributed by atoms with Crippen molar-refractivity contribution in [1.29, 1.82) is 0 Å². The van der Waals surface area contributed by atoms with E-state index >= 15 is 0 Å². The number of anilines is 2. The maximum absolute atomic E-state index is 12.1. The summed E-state index contributed by atoms with van der Waals surface area (Å²) in [4.78, 5) is 22.9. The zero-order valence-corrected chi connectivity index (χ0v) is 13.9. The first-order valence-electron chi connectivity index (χ1n) is 8.72. The molecule has 1 amide bonds. The van der Waals surface area contributed by atoms with Crippen molar-refractivity contribution in [1.82, 2.24) is 9.97 Å². The Bertz CT molecular complexity index is 653. The van der Waals surface area contributed by atoms with Gasteiger partial charge in [0.1, 0.15) is 18.0 Å². The lowest BCUT2D eigenvalue weighted by atomic mass is 10.1. The molecule has 3 rings (SSSR count). The third kappa shape index (κ3) is 4.78. The van der Waals surface area contributed by atoms with Crippen molar-refractivity contribution >= 4 is 17.5 Å². The van der Waals surface area contributed by atoms with E-state index in [2.05, 4.69) is 32.3 Å². The molecule has 0 spiro atoms. The number of aryl methyl sites for hydroxylation is 1. The van der Waals surface area contributed by atoms with Crippen molar-refractivity contribution in [3.63, 3.8) is 0 Å². The van der Waals surface area contributed by atoms with Crippen molar-refractivity contribution < 1.29 is 4.79 Å². The average Bonchev–Trinajstić information content (AvgIpc) is 2.63. The Labute approximate surface area is 143 Å². The Morgan fingerprint density at radius 1 is 1.08 bits per heavy atom. The van der Waals surface area contributed by atoms with Crippen LogP contribution in [0.15, 0.2) is 42.7 Å². The summed E-state index contributed by atoms with van der Waals surface area (Å²) >= 11 is 0. The number of carbonyl (C=O) groups is 1. The van der Waals surface area contributed by atoms with Gasteiger partial charge in [-0.1, -0.05) is 30.3 Å². The number of benzene rings is 1. The Morgan fingerprint density at radius 2 is 1.88 bits per heavy atom. The van der Waals surface area contributed by atoms with Crippen molar-refractivity contribution in [2.75, 3.05) is 23.3 Å². The fourth-order valence-corrected chi connectivity index (χ4v) is 3.01. The van der Waals surface area contributed by atoms with Gasteiger partial charge in [0.15, 0.2) is 0 Å². The van der Waals surface area contributed by atoms with Crippen LogP contribution in [0.2, 0.25) is 0 Å². The van der Waals surface area contributed by atoms with Gasteiger partial charge in [0.05, 0.1) is 0 Å². The molecule has 5 nitrogen and oxygen atoms in total. The molecule has 0 atom stereocenters. The molecule has 0 radical (unpaired) electrons. The van der Waals surface area contributed by atoms with Crippen LogP contribution in [0.5, 0.6) is 0 Å². The van der Waals surface area contributed by atoms with Crippen LogP contribution in [-0.2, 0) is 11.2 Å². The molecule has 0 unspecified atom stereocenters. The predicted molar refractivity (Wildman–Crippen MR) is 96.1 cm³/mol. The van der Waals surface area contributed by atoms with Crippen LogP contribution >= 0.6 is 0 Å². The van der Waals surface area contributed by atoms with Crippen molar-refractivity contribution in [2.24, 2.45) is 0 Å². The maximum atomic E-state index is 12.1. The fraction of sp³-hybridized carbons (Fsp3) is 0.421. The molecule has 24 heavy (non-hydrogen) atoms. The molecule has 1 aliphatic heterocycles. The maximum Gasteiger partial charge on any atom is 0.225 e. The molecule has 2 heterocycles. The molecule has 0 aliphatic carbocycles. The van der Waals surface area contributed by atoms with Gasteiger partial charge in [-0.05, 0) is 37.7 Å². The van der Waals surface area contributed by atoms with Gasteiger partial charge in [0, 0.05) is 25.6 Å². The number of hydrogen-bond acceptors (Lipinski definition) is 4. The van der Waals surface area contributed by atoms with E-state index in [9.17, 15) is 4.79 Å². The summed E-state index contributed by atoms with van der Waals surface area (Å²) in [6, 6.07) is 12.1. The van der Waals surface area contributed by atoms with E-state index in [4.69, 9.17) is 0 Å². The number of nitrogens with one attached hydrogen (secondary N) is 1. The highest BCUT2D eigenvalue weighted by molar-refractivity contribution is 5.90.